The Kier molecular flexibility index (Phi) is 3.62. The Morgan fingerprint density at radius 1 is 1.39 bits per heavy atom. The zero-order valence-electron chi connectivity index (χ0n) is 10.6. The van der Waals surface area contributed by atoms with E-state index >= 15 is 0 Å². The van der Waals surface area contributed by atoms with Gasteiger partial charge in [0.15, 0.2) is 0 Å². The van der Waals surface area contributed by atoms with Crippen LogP contribution in [-0.2, 0) is 20.1 Å². The predicted octanol–water partition coefficient (Wildman–Crippen LogP) is 1.77. The van der Waals surface area contributed by atoms with Gasteiger partial charge in [0.25, 0.3) is 0 Å². The van der Waals surface area contributed by atoms with Gasteiger partial charge in [-0.15, -0.1) is 0 Å². The van der Waals surface area contributed by atoms with Crippen molar-refractivity contribution in [3.8, 4) is 0 Å². The summed E-state index contributed by atoms with van der Waals surface area (Å²) in [6.07, 6.45) is 3.67. The first-order chi connectivity index (χ1) is 8.58. The molecule has 96 valence electrons. The summed E-state index contributed by atoms with van der Waals surface area (Å²) in [6.45, 7) is 1.29. The van der Waals surface area contributed by atoms with Crippen molar-refractivity contribution in [1.82, 2.24) is 14.5 Å². The number of hydrogen-bond donors (Lipinski definition) is 1. The molecule has 0 amide bonds. The molecule has 0 unspecified atom stereocenters. The van der Waals surface area contributed by atoms with Crippen LogP contribution in [0.1, 0.15) is 11.4 Å². The second-order valence-corrected chi connectivity index (χ2v) is 4.44. The molecule has 0 aliphatic heterocycles. The minimum absolute atomic E-state index is 0.226. The normalized spacial score (nSPS) is 11.1. The molecule has 1 aromatic carbocycles. The third-order valence-corrected chi connectivity index (χ3v) is 2.92. The zero-order valence-corrected chi connectivity index (χ0v) is 10.6. The topological polar surface area (TPSA) is 47.1 Å². The molecule has 0 fully saturated rings. The fourth-order valence-electron chi connectivity index (χ4n) is 1.86. The lowest BCUT2D eigenvalue weighted by molar-refractivity contribution is 0.307. The molecule has 18 heavy (non-hydrogen) atoms. The van der Waals surface area contributed by atoms with Crippen LogP contribution < -0.4 is 5.73 Å². The van der Waals surface area contributed by atoms with E-state index in [9.17, 15) is 4.39 Å². The van der Waals surface area contributed by atoms with Crippen molar-refractivity contribution < 1.29 is 4.39 Å². The maximum atomic E-state index is 13.3. The van der Waals surface area contributed by atoms with Gasteiger partial charge in [0.2, 0.25) is 0 Å². The Labute approximate surface area is 106 Å². The molecule has 0 atom stereocenters. The number of halogens is 1. The van der Waals surface area contributed by atoms with E-state index in [2.05, 4.69) is 4.98 Å². The Bertz CT molecular complexity index is 536. The van der Waals surface area contributed by atoms with Gasteiger partial charge in [-0.1, -0.05) is 12.1 Å². The number of hydrogen-bond acceptors (Lipinski definition) is 3. The summed E-state index contributed by atoms with van der Waals surface area (Å²) in [4.78, 5) is 6.30. The average molecular weight is 248 g/mol. The molecule has 1 aromatic heterocycles. The number of aryl methyl sites for hydroxylation is 1. The molecule has 2 aromatic rings. The molecule has 0 radical (unpaired) electrons. The van der Waals surface area contributed by atoms with Crippen LogP contribution in [0.2, 0.25) is 0 Å². The molecular weight excluding hydrogens is 231 g/mol. The minimum Gasteiger partial charge on any atom is -0.396 e. The minimum atomic E-state index is -0.363. The summed E-state index contributed by atoms with van der Waals surface area (Å²) in [5.41, 5.74) is 6.74. The number of benzene rings is 1. The van der Waals surface area contributed by atoms with Crippen LogP contribution in [0.3, 0.4) is 0 Å². The second-order valence-electron chi connectivity index (χ2n) is 4.44. The van der Waals surface area contributed by atoms with E-state index in [4.69, 9.17) is 5.73 Å². The standard InChI is InChI=1S/C13H17FN4/c1-17(9-12-16-6-7-18(12)2)8-10-4-3-5-11(14)13(10)15/h3-7H,8-9,15H2,1-2H3. The number of nitrogen functional groups attached to an aromatic ring is 1. The van der Waals surface area contributed by atoms with Crippen LogP contribution in [0.4, 0.5) is 10.1 Å². The van der Waals surface area contributed by atoms with Crippen LogP contribution >= 0.6 is 0 Å². The molecule has 4 nitrogen and oxygen atoms in total. The van der Waals surface area contributed by atoms with Gasteiger partial charge in [-0.3, -0.25) is 4.90 Å². The van der Waals surface area contributed by atoms with Crippen molar-refractivity contribution in [3.05, 3.63) is 47.8 Å². The molecule has 0 saturated heterocycles. The second kappa shape index (κ2) is 5.18. The number of anilines is 1. The highest BCUT2D eigenvalue weighted by Gasteiger charge is 2.09. The summed E-state index contributed by atoms with van der Waals surface area (Å²) in [7, 11) is 3.91. The lowest BCUT2D eigenvalue weighted by atomic mass is 10.1. The Morgan fingerprint density at radius 2 is 2.17 bits per heavy atom. The number of para-hydroxylation sites is 1. The lowest BCUT2D eigenvalue weighted by Gasteiger charge is -2.17. The molecule has 5 heteroatoms. The number of nitrogens with two attached hydrogens (primary N) is 1. The number of aromatic nitrogens is 2. The van der Waals surface area contributed by atoms with Crippen LogP contribution in [0.5, 0.6) is 0 Å². The van der Waals surface area contributed by atoms with E-state index in [1.807, 2.05) is 35.8 Å². The van der Waals surface area contributed by atoms with E-state index < -0.39 is 0 Å². The van der Waals surface area contributed by atoms with Crippen molar-refractivity contribution in [3.63, 3.8) is 0 Å². The van der Waals surface area contributed by atoms with Gasteiger partial charge in [-0.05, 0) is 18.7 Å². The van der Waals surface area contributed by atoms with Gasteiger partial charge < -0.3 is 10.3 Å². The Balaban J connectivity index is 2.05. The lowest BCUT2D eigenvalue weighted by Crippen LogP contribution is -2.20. The maximum Gasteiger partial charge on any atom is 0.146 e. The monoisotopic (exact) mass is 248 g/mol. The summed E-state index contributed by atoms with van der Waals surface area (Å²) >= 11 is 0. The SMILES string of the molecule is CN(Cc1cccc(F)c1N)Cc1nccn1C. The van der Waals surface area contributed by atoms with Gasteiger partial charge >= 0.3 is 0 Å². The highest BCUT2D eigenvalue weighted by atomic mass is 19.1. The van der Waals surface area contributed by atoms with E-state index in [0.29, 0.717) is 13.1 Å². The molecule has 0 aliphatic carbocycles. The number of rotatable bonds is 4. The maximum absolute atomic E-state index is 13.3. The summed E-state index contributed by atoms with van der Waals surface area (Å²) < 4.78 is 15.3. The van der Waals surface area contributed by atoms with Crippen LogP contribution in [0.15, 0.2) is 30.6 Å². The highest BCUT2D eigenvalue weighted by molar-refractivity contribution is 5.47. The van der Waals surface area contributed by atoms with E-state index in [0.717, 1.165) is 11.4 Å². The zero-order chi connectivity index (χ0) is 13.1. The largest absolute Gasteiger partial charge is 0.396 e. The Morgan fingerprint density at radius 3 is 2.83 bits per heavy atom. The first kappa shape index (κ1) is 12.6. The van der Waals surface area contributed by atoms with Crippen molar-refractivity contribution in [1.29, 1.82) is 0 Å². The molecule has 0 bridgehead atoms. The average Bonchev–Trinajstić information content (AvgIpc) is 2.71. The molecule has 2 rings (SSSR count). The third-order valence-electron chi connectivity index (χ3n) is 2.92. The fraction of sp³-hybridized carbons (Fsp3) is 0.308. The quantitative estimate of drug-likeness (QED) is 0.839. The van der Waals surface area contributed by atoms with Crippen LogP contribution in [-0.4, -0.2) is 21.5 Å². The number of nitrogens with zero attached hydrogens (tertiary/aromatic N) is 3. The molecule has 0 aliphatic rings. The van der Waals surface area contributed by atoms with Crippen molar-refractivity contribution in [2.75, 3.05) is 12.8 Å². The van der Waals surface area contributed by atoms with Gasteiger partial charge in [-0.2, -0.15) is 0 Å². The van der Waals surface area contributed by atoms with Crippen molar-refractivity contribution >= 4 is 5.69 Å². The smallest absolute Gasteiger partial charge is 0.146 e. The van der Waals surface area contributed by atoms with Crippen molar-refractivity contribution in [2.45, 2.75) is 13.1 Å². The fourth-order valence-corrected chi connectivity index (χ4v) is 1.86. The summed E-state index contributed by atoms with van der Waals surface area (Å²) in [6, 6.07) is 4.89. The first-order valence-corrected chi connectivity index (χ1v) is 5.75. The highest BCUT2D eigenvalue weighted by Crippen LogP contribution is 2.17. The predicted molar refractivity (Wildman–Crippen MR) is 69.2 cm³/mol. The van der Waals surface area contributed by atoms with Gasteiger partial charge in [-0.25, -0.2) is 9.37 Å². The van der Waals surface area contributed by atoms with Crippen LogP contribution in [0.25, 0.3) is 0 Å². The van der Waals surface area contributed by atoms with E-state index in [1.165, 1.54) is 6.07 Å². The van der Waals surface area contributed by atoms with Gasteiger partial charge in [0, 0.05) is 26.0 Å². The molecule has 2 N–H and O–H groups in total. The third kappa shape index (κ3) is 2.68. The molecule has 0 spiro atoms. The molecule has 1 heterocycles. The summed E-state index contributed by atoms with van der Waals surface area (Å²) in [5, 5.41) is 0. The van der Waals surface area contributed by atoms with Crippen LogP contribution in [0, 0.1) is 5.82 Å². The van der Waals surface area contributed by atoms with E-state index in [1.54, 1.807) is 12.3 Å². The van der Waals surface area contributed by atoms with E-state index in [-0.39, 0.29) is 11.5 Å². The summed E-state index contributed by atoms with van der Waals surface area (Å²) in [5.74, 6) is 0.602. The Hall–Kier alpha value is -1.88. The van der Waals surface area contributed by atoms with Crippen molar-refractivity contribution in [2.24, 2.45) is 7.05 Å². The molecule has 0 saturated carbocycles. The van der Waals surface area contributed by atoms with Gasteiger partial charge in [0.1, 0.15) is 11.6 Å². The first-order valence-electron chi connectivity index (χ1n) is 5.75. The van der Waals surface area contributed by atoms with Gasteiger partial charge in [0.05, 0.1) is 12.2 Å². The number of imidazole rings is 1. The molecular formula is C13H17FN4.